The monoisotopic (exact) mass is 880 g/mol. The van der Waals surface area contributed by atoms with E-state index in [4.69, 9.17) is 24.9 Å². The van der Waals surface area contributed by atoms with E-state index < -0.39 is 35.6 Å². The number of nitrogens with one attached hydrogen (secondary N) is 3. The smallest absolute Gasteiger partial charge is 0.271 e. The van der Waals surface area contributed by atoms with Crippen molar-refractivity contribution >= 4 is 58.5 Å². The van der Waals surface area contributed by atoms with Crippen LogP contribution >= 0.6 is 0 Å². The molecule has 5 aliphatic heterocycles. The van der Waals surface area contributed by atoms with Gasteiger partial charge in [-0.25, -0.2) is 9.97 Å². The highest BCUT2D eigenvalue weighted by Crippen LogP contribution is 2.36. The molecule has 4 fully saturated rings. The third-order valence-corrected chi connectivity index (χ3v) is 12.7. The fourth-order valence-electron chi connectivity index (χ4n) is 9.20. The van der Waals surface area contributed by atoms with E-state index in [-0.39, 0.29) is 54.0 Å². The van der Waals surface area contributed by atoms with Gasteiger partial charge in [-0.2, -0.15) is 0 Å². The number of hydrogen-bond donors (Lipinski definition) is 4. The number of nitrogens with zero attached hydrogens (tertiary/aromatic N) is 6. The maximum absolute atomic E-state index is 13.2. The fourth-order valence-corrected chi connectivity index (χ4v) is 9.20. The number of carbonyl (C=O) groups is 6. The van der Waals surface area contributed by atoms with Crippen LogP contribution in [0.1, 0.15) is 95.2 Å². The SMILES string of the molecule is CCc1nc(C(N)=O)c(Nc2ccc(N3CCC(N4CCN(C(=O)CCCOc5ccc6c(c5)C(=O)N(C5CCC(=O)NC5=O)C6=O)CC4)CC3)c(OC)c2)nc1NC1CCOCC1. The van der Waals surface area contributed by atoms with Crippen molar-refractivity contribution in [1.82, 2.24) is 30.0 Å². The van der Waals surface area contributed by atoms with Crippen LogP contribution in [-0.4, -0.2) is 144 Å². The minimum absolute atomic E-state index is 0.0492. The van der Waals surface area contributed by atoms with E-state index in [1.54, 1.807) is 13.2 Å². The van der Waals surface area contributed by atoms with E-state index in [1.165, 1.54) is 12.1 Å². The lowest BCUT2D eigenvalue weighted by Gasteiger charge is -2.43. The van der Waals surface area contributed by atoms with Gasteiger partial charge in [-0.05, 0) is 75.3 Å². The number of ether oxygens (including phenoxy) is 3. The molecular weight excluding hydrogens is 825 g/mol. The Bertz CT molecular complexity index is 2290. The van der Waals surface area contributed by atoms with E-state index in [2.05, 4.69) is 30.7 Å². The molecule has 0 aliphatic carbocycles. The van der Waals surface area contributed by atoms with Crippen molar-refractivity contribution in [2.24, 2.45) is 5.73 Å². The zero-order valence-electron chi connectivity index (χ0n) is 36.4. The summed E-state index contributed by atoms with van der Waals surface area (Å²) in [4.78, 5) is 92.8. The van der Waals surface area contributed by atoms with Gasteiger partial charge < -0.3 is 40.4 Å². The van der Waals surface area contributed by atoms with Gasteiger partial charge in [-0.15, -0.1) is 0 Å². The zero-order valence-corrected chi connectivity index (χ0v) is 36.4. The summed E-state index contributed by atoms with van der Waals surface area (Å²) in [6.45, 7) is 8.18. The van der Waals surface area contributed by atoms with Crippen LogP contribution in [0.3, 0.4) is 0 Å². The molecule has 1 atom stereocenters. The van der Waals surface area contributed by atoms with Gasteiger partial charge in [-0.3, -0.25) is 43.9 Å². The van der Waals surface area contributed by atoms with Crippen LogP contribution in [0.15, 0.2) is 36.4 Å². The Morgan fingerprint density at radius 2 is 1.64 bits per heavy atom. The number of fused-ring (bicyclic) bond motifs is 1. The minimum Gasteiger partial charge on any atom is -0.495 e. The Kier molecular flexibility index (Phi) is 13.6. The van der Waals surface area contributed by atoms with Crippen LogP contribution in [0, 0.1) is 0 Å². The second-order valence-electron chi connectivity index (χ2n) is 16.7. The molecule has 0 radical (unpaired) electrons. The highest BCUT2D eigenvalue weighted by molar-refractivity contribution is 6.23. The summed E-state index contributed by atoms with van der Waals surface area (Å²) in [5.41, 5.74) is 8.51. The maximum Gasteiger partial charge on any atom is 0.271 e. The highest BCUT2D eigenvalue weighted by atomic mass is 16.5. The summed E-state index contributed by atoms with van der Waals surface area (Å²) in [5.74, 6) is -0.864. The van der Waals surface area contributed by atoms with Crippen LogP contribution in [0.5, 0.6) is 11.5 Å². The number of rotatable bonds is 15. The van der Waals surface area contributed by atoms with Gasteiger partial charge in [0.05, 0.1) is 36.2 Å². The predicted octanol–water partition coefficient (Wildman–Crippen LogP) is 2.85. The van der Waals surface area contributed by atoms with Gasteiger partial charge in [0.25, 0.3) is 17.7 Å². The van der Waals surface area contributed by atoms with Crippen molar-refractivity contribution in [2.45, 2.75) is 82.8 Å². The molecule has 6 heterocycles. The summed E-state index contributed by atoms with van der Waals surface area (Å²) in [6.07, 6.45) is 5.17. The molecule has 4 saturated heterocycles. The minimum atomic E-state index is -1.03. The number of nitrogens with two attached hydrogens (primary N) is 1. The zero-order chi connectivity index (χ0) is 44.9. The first-order valence-corrected chi connectivity index (χ1v) is 22.3. The first-order chi connectivity index (χ1) is 31.0. The van der Waals surface area contributed by atoms with Gasteiger partial charge in [0, 0.05) is 89.2 Å². The molecule has 0 bridgehead atoms. The van der Waals surface area contributed by atoms with E-state index >= 15 is 0 Å². The lowest BCUT2D eigenvalue weighted by atomic mass is 10.0. The largest absolute Gasteiger partial charge is 0.495 e. The Morgan fingerprint density at radius 1 is 0.891 bits per heavy atom. The Labute approximate surface area is 371 Å². The molecule has 19 heteroatoms. The first-order valence-electron chi connectivity index (χ1n) is 22.3. The lowest BCUT2D eigenvalue weighted by molar-refractivity contribution is -0.136. The van der Waals surface area contributed by atoms with Crippen LogP contribution in [0.2, 0.25) is 0 Å². The molecule has 5 N–H and O–H groups in total. The average molecular weight is 881 g/mol. The van der Waals surface area contributed by atoms with Crippen LogP contribution < -0.4 is 36.1 Å². The second kappa shape index (κ2) is 19.6. The summed E-state index contributed by atoms with van der Waals surface area (Å²) in [5, 5.41) is 8.97. The molecule has 1 aromatic heterocycles. The molecule has 3 aromatic rings. The summed E-state index contributed by atoms with van der Waals surface area (Å²) < 4.78 is 17.2. The number of amides is 6. The van der Waals surface area contributed by atoms with Crippen molar-refractivity contribution in [3.63, 3.8) is 0 Å². The average Bonchev–Trinajstić information content (AvgIpc) is 3.55. The summed E-state index contributed by atoms with van der Waals surface area (Å²) >= 11 is 0. The number of imide groups is 2. The standard InChI is InChI=1S/C45H56N10O9/c1-3-33-41(47-27-14-23-63-24-15-27)51-42(39(49-33)40(46)58)48-28-6-9-34(36(25-28)62-2)53-16-12-29(13-17-53)52-18-20-54(21-19-52)38(57)5-4-22-64-30-7-8-31-32(26-30)45(61)55(44(31)60)35-10-11-37(56)50-43(35)59/h6-9,25-27,29,35H,3-5,10-24H2,1-2H3,(H2,46,58)(H2,47,48,51)(H,50,56,59). The lowest BCUT2D eigenvalue weighted by Crippen LogP contribution is -2.54. The van der Waals surface area contributed by atoms with E-state index in [1.807, 2.05) is 30.0 Å². The number of primary amides is 1. The maximum atomic E-state index is 13.2. The van der Waals surface area contributed by atoms with Gasteiger partial charge in [0.1, 0.15) is 17.5 Å². The Morgan fingerprint density at radius 3 is 2.34 bits per heavy atom. The second-order valence-corrected chi connectivity index (χ2v) is 16.7. The number of piperazine rings is 1. The molecule has 19 nitrogen and oxygen atoms in total. The summed E-state index contributed by atoms with van der Waals surface area (Å²) in [7, 11) is 1.65. The van der Waals surface area contributed by atoms with Crippen molar-refractivity contribution in [3.8, 4) is 11.5 Å². The molecule has 0 saturated carbocycles. The van der Waals surface area contributed by atoms with Crippen LogP contribution in [0.4, 0.5) is 23.0 Å². The quantitative estimate of drug-likeness (QED) is 0.127. The number of carbonyl (C=O) groups excluding carboxylic acids is 6. The molecule has 6 amide bonds. The van der Waals surface area contributed by atoms with Gasteiger partial charge in [-0.1, -0.05) is 6.92 Å². The third-order valence-electron chi connectivity index (χ3n) is 12.7. The number of aryl methyl sites for hydroxylation is 1. The van der Waals surface area contributed by atoms with Crippen molar-refractivity contribution in [1.29, 1.82) is 0 Å². The first kappa shape index (κ1) is 44.3. The van der Waals surface area contributed by atoms with Crippen molar-refractivity contribution in [3.05, 3.63) is 58.9 Å². The molecule has 64 heavy (non-hydrogen) atoms. The summed E-state index contributed by atoms with van der Waals surface area (Å²) in [6, 6.07) is 10.0. The van der Waals surface area contributed by atoms with E-state index in [0.717, 1.165) is 62.4 Å². The number of piperidine rings is 2. The fraction of sp³-hybridized carbons (Fsp3) is 0.511. The predicted molar refractivity (Wildman–Crippen MR) is 235 cm³/mol. The Balaban J connectivity index is 0.783. The topological polar surface area (TPSA) is 231 Å². The molecule has 0 spiro atoms. The molecule has 8 rings (SSSR count). The van der Waals surface area contributed by atoms with Crippen LogP contribution in [-0.2, 0) is 25.5 Å². The van der Waals surface area contributed by atoms with Crippen molar-refractivity contribution in [2.75, 3.05) is 81.7 Å². The molecule has 5 aliphatic rings. The van der Waals surface area contributed by atoms with Gasteiger partial charge in [0.15, 0.2) is 17.3 Å². The van der Waals surface area contributed by atoms with Crippen LogP contribution in [0.25, 0.3) is 0 Å². The number of benzene rings is 2. The third kappa shape index (κ3) is 9.59. The number of hydrogen-bond acceptors (Lipinski definition) is 15. The van der Waals surface area contributed by atoms with E-state index in [9.17, 15) is 28.8 Å². The number of methoxy groups -OCH3 is 1. The van der Waals surface area contributed by atoms with Crippen molar-refractivity contribution < 1.29 is 43.0 Å². The Hall–Kier alpha value is -6.34. The normalized spacial score (nSPS) is 20.0. The highest BCUT2D eigenvalue weighted by Gasteiger charge is 2.45. The molecule has 1 unspecified atom stereocenters. The molecule has 340 valence electrons. The van der Waals surface area contributed by atoms with E-state index in [0.29, 0.717) is 80.3 Å². The number of aromatic nitrogens is 2. The number of anilines is 4. The molecule has 2 aromatic carbocycles. The molecular formula is C45H56N10O9. The van der Waals surface area contributed by atoms with Gasteiger partial charge in [0.2, 0.25) is 17.7 Å². The van der Waals surface area contributed by atoms with Gasteiger partial charge >= 0.3 is 0 Å².